The average molecular weight is 249 g/mol. The van der Waals surface area contributed by atoms with Crippen LogP contribution in [0.5, 0.6) is 0 Å². The number of rotatable bonds is 4. The van der Waals surface area contributed by atoms with Gasteiger partial charge in [0.25, 0.3) is 0 Å². The number of nitrogens with two attached hydrogens (primary N) is 1. The minimum Gasteiger partial charge on any atom is -0.368 e. The van der Waals surface area contributed by atoms with Gasteiger partial charge in [0.1, 0.15) is 10.8 Å². The summed E-state index contributed by atoms with van der Waals surface area (Å²) in [6, 6.07) is 0.120. The first-order valence-corrected chi connectivity index (χ1v) is 6.36. The van der Waals surface area contributed by atoms with Crippen LogP contribution in [0.1, 0.15) is 30.5 Å². The Bertz CT molecular complexity index is 483. The Morgan fingerprint density at radius 3 is 2.94 bits per heavy atom. The van der Waals surface area contributed by atoms with Crippen molar-refractivity contribution in [2.45, 2.75) is 26.3 Å². The summed E-state index contributed by atoms with van der Waals surface area (Å²) in [5, 5.41) is 6.31. The summed E-state index contributed by atoms with van der Waals surface area (Å²) in [4.78, 5) is 12.5. The Morgan fingerprint density at radius 1 is 1.47 bits per heavy atom. The molecule has 2 heterocycles. The number of thiazole rings is 1. The molecule has 0 spiro atoms. The van der Waals surface area contributed by atoms with E-state index in [1.807, 2.05) is 5.38 Å². The van der Waals surface area contributed by atoms with Crippen LogP contribution >= 0.6 is 11.3 Å². The van der Waals surface area contributed by atoms with E-state index in [0.29, 0.717) is 0 Å². The predicted octanol–water partition coefficient (Wildman–Crippen LogP) is 2.25. The van der Waals surface area contributed by atoms with Crippen LogP contribution in [0.25, 0.3) is 0 Å². The first-order chi connectivity index (χ1) is 8.20. The van der Waals surface area contributed by atoms with Crippen molar-refractivity contribution in [3.05, 3.63) is 28.3 Å². The first-order valence-electron chi connectivity index (χ1n) is 5.48. The molecule has 6 heteroatoms. The highest BCUT2D eigenvalue weighted by Crippen LogP contribution is 2.22. The van der Waals surface area contributed by atoms with E-state index in [9.17, 15) is 0 Å². The zero-order chi connectivity index (χ0) is 12.3. The number of aromatic nitrogens is 3. The Kier molecular flexibility index (Phi) is 3.53. The molecule has 1 atom stereocenters. The first kappa shape index (κ1) is 11.8. The molecule has 5 nitrogen and oxygen atoms in total. The highest BCUT2D eigenvalue weighted by molar-refractivity contribution is 7.09. The van der Waals surface area contributed by atoms with Crippen LogP contribution in [-0.4, -0.2) is 15.0 Å². The Labute approximate surface area is 104 Å². The van der Waals surface area contributed by atoms with Gasteiger partial charge in [0, 0.05) is 23.3 Å². The van der Waals surface area contributed by atoms with Crippen LogP contribution < -0.4 is 11.1 Å². The molecule has 0 aliphatic carbocycles. The van der Waals surface area contributed by atoms with Crippen molar-refractivity contribution >= 4 is 23.1 Å². The lowest BCUT2D eigenvalue weighted by Crippen LogP contribution is -2.11. The largest absolute Gasteiger partial charge is 0.368 e. The van der Waals surface area contributed by atoms with Crippen LogP contribution in [0.4, 0.5) is 11.8 Å². The average Bonchev–Trinajstić information content (AvgIpc) is 2.83. The topological polar surface area (TPSA) is 76.7 Å². The lowest BCUT2D eigenvalue weighted by molar-refractivity contribution is 0.852. The molecule has 0 saturated heterocycles. The summed E-state index contributed by atoms with van der Waals surface area (Å²) in [7, 11) is 0. The number of anilines is 2. The molecule has 0 aromatic carbocycles. The van der Waals surface area contributed by atoms with Crippen LogP contribution in [0, 0.1) is 0 Å². The van der Waals surface area contributed by atoms with Gasteiger partial charge in [-0.25, -0.2) is 9.97 Å². The van der Waals surface area contributed by atoms with E-state index in [2.05, 4.69) is 34.1 Å². The number of nitrogens with one attached hydrogen (secondary N) is 1. The van der Waals surface area contributed by atoms with Gasteiger partial charge in [-0.3, -0.25) is 0 Å². The van der Waals surface area contributed by atoms with Crippen molar-refractivity contribution in [1.29, 1.82) is 0 Å². The van der Waals surface area contributed by atoms with E-state index in [0.717, 1.165) is 22.8 Å². The lowest BCUT2D eigenvalue weighted by Gasteiger charge is -2.14. The van der Waals surface area contributed by atoms with Crippen molar-refractivity contribution in [2.75, 3.05) is 11.1 Å². The smallest absolute Gasteiger partial charge is 0.221 e. The van der Waals surface area contributed by atoms with Gasteiger partial charge in [-0.05, 0) is 13.3 Å². The third-order valence-corrected chi connectivity index (χ3v) is 3.40. The molecule has 0 amide bonds. The van der Waals surface area contributed by atoms with Gasteiger partial charge in [-0.15, -0.1) is 11.3 Å². The van der Waals surface area contributed by atoms with Crippen LogP contribution in [0.3, 0.4) is 0 Å². The number of hydrogen-bond acceptors (Lipinski definition) is 6. The number of nitrogen functional groups attached to an aromatic ring is 1. The van der Waals surface area contributed by atoms with Crippen LogP contribution in [-0.2, 0) is 6.42 Å². The number of hydrogen-bond donors (Lipinski definition) is 2. The summed E-state index contributed by atoms with van der Waals surface area (Å²) in [6.07, 6.45) is 4.43. The molecular weight excluding hydrogens is 234 g/mol. The fourth-order valence-electron chi connectivity index (χ4n) is 1.52. The molecule has 1 unspecified atom stereocenters. The van der Waals surface area contributed by atoms with Gasteiger partial charge in [0.2, 0.25) is 5.95 Å². The zero-order valence-electron chi connectivity index (χ0n) is 9.84. The maximum atomic E-state index is 5.60. The van der Waals surface area contributed by atoms with Crippen molar-refractivity contribution < 1.29 is 0 Å². The Morgan fingerprint density at radius 2 is 2.29 bits per heavy atom. The fraction of sp³-hybridized carbons (Fsp3) is 0.364. The summed E-state index contributed by atoms with van der Waals surface area (Å²) in [5.74, 6) is 1.08. The molecule has 0 saturated carbocycles. The van der Waals surface area contributed by atoms with E-state index in [4.69, 9.17) is 5.73 Å². The normalized spacial score (nSPS) is 12.4. The SMILES string of the molecule is CCc1cnc(N)nc1NC(C)c1nccs1. The van der Waals surface area contributed by atoms with Crippen LogP contribution in [0.15, 0.2) is 17.8 Å². The van der Waals surface area contributed by atoms with Crippen molar-refractivity contribution in [3.63, 3.8) is 0 Å². The monoisotopic (exact) mass is 249 g/mol. The Hall–Kier alpha value is -1.69. The molecule has 0 radical (unpaired) electrons. The van der Waals surface area contributed by atoms with E-state index in [1.54, 1.807) is 23.7 Å². The van der Waals surface area contributed by atoms with Gasteiger partial charge in [0.05, 0.1) is 6.04 Å². The molecule has 0 aliphatic heterocycles. The second kappa shape index (κ2) is 5.09. The summed E-state index contributed by atoms with van der Waals surface area (Å²) in [6.45, 7) is 4.12. The van der Waals surface area contributed by atoms with Crippen molar-refractivity contribution in [1.82, 2.24) is 15.0 Å². The van der Waals surface area contributed by atoms with Gasteiger partial charge < -0.3 is 11.1 Å². The molecule has 2 aromatic heterocycles. The van der Waals surface area contributed by atoms with Crippen molar-refractivity contribution in [3.8, 4) is 0 Å². The maximum Gasteiger partial charge on any atom is 0.221 e. The van der Waals surface area contributed by atoms with Crippen molar-refractivity contribution in [2.24, 2.45) is 0 Å². The second-order valence-corrected chi connectivity index (χ2v) is 4.62. The standard InChI is InChI=1S/C11H15N5S/c1-3-8-6-14-11(12)16-9(8)15-7(2)10-13-4-5-17-10/h4-7H,3H2,1-2H3,(H3,12,14,15,16). The second-order valence-electron chi connectivity index (χ2n) is 3.69. The van der Waals surface area contributed by atoms with E-state index in [-0.39, 0.29) is 12.0 Å². The number of aryl methyl sites for hydroxylation is 1. The fourth-order valence-corrected chi connectivity index (χ4v) is 2.17. The molecule has 2 rings (SSSR count). The highest BCUT2D eigenvalue weighted by Gasteiger charge is 2.11. The van der Waals surface area contributed by atoms with Gasteiger partial charge in [0.15, 0.2) is 0 Å². The molecule has 0 aliphatic rings. The molecule has 2 aromatic rings. The minimum absolute atomic E-state index is 0.120. The molecule has 17 heavy (non-hydrogen) atoms. The van der Waals surface area contributed by atoms with E-state index in [1.165, 1.54) is 0 Å². The molecular formula is C11H15N5S. The summed E-state index contributed by atoms with van der Waals surface area (Å²) < 4.78 is 0. The third-order valence-electron chi connectivity index (χ3n) is 2.44. The maximum absolute atomic E-state index is 5.60. The molecule has 0 bridgehead atoms. The molecule has 90 valence electrons. The third kappa shape index (κ3) is 2.71. The molecule has 3 N–H and O–H groups in total. The van der Waals surface area contributed by atoms with Gasteiger partial charge in [-0.1, -0.05) is 6.92 Å². The highest BCUT2D eigenvalue weighted by atomic mass is 32.1. The summed E-state index contributed by atoms with van der Waals surface area (Å²) >= 11 is 1.62. The molecule has 0 fully saturated rings. The quantitative estimate of drug-likeness (QED) is 0.869. The van der Waals surface area contributed by atoms with Crippen LogP contribution in [0.2, 0.25) is 0 Å². The summed E-state index contributed by atoms with van der Waals surface area (Å²) in [5.41, 5.74) is 6.66. The van der Waals surface area contributed by atoms with E-state index >= 15 is 0 Å². The zero-order valence-corrected chi connectivity index (χ0v) is 10.7. The van der Waals surface area contributed by atoms with Gasteiger partial charge >= 0.3 is 0 Å². The lowest BCUT2D eigenvalue weighted by atomic mass is 10.2. The Balaban J connectivity index is 2.20. The van der Waals surface area contributed by atoms with Gasteiger partial charge in [-0.2, -0.15) is 4.98 Å². The predicted molar refractivity (Wildman–Crippen MR) is 70.0 cm³/mol. The van der Waals surface area contributed by atoms with E-state index < -0.39 is 0 Å². The minimum atomic E-state index is 0.120. The number of nitrogens with zero attached hydrogens (tertiary/aromatic N) is 3.